The van der Waals surface area contributed by atoms with Crippen LogP contribution in [-0.4, -0.2) is 17.7 Å². The van der Waals surface area contributed by atoms with Crippen LogP contribution in [0.25, 0.3) is 0 Å². The summed E-state index contributed by atoms with van der Waals surface area (Å²) in [5, 5.41) is 15.9. The quantitative estimate of drug-likeness (QED) is 0.790. The van der Waals surface area contributed by atoms with Gasteiger partial charge in [-0.15, -0.1) is 0 Å². The van der Waals surface area contributed by atoms with Crippen LogP contribution in [0.2, 0.25) is 0 Å². The van der Waals surface area contributed by atoms with E-state index in [1.165, 1.54) is 0 Å². The molecule has 0 bridgehead atoms. The molecule has 2 amide bonds. The molecular weight excluding hydrogens is 296 g/mol. The molecule has 0 saturated carbocycles. The number of aliphatic hydroxyl groups is 1. The van der Waals surface area contributed by atoms with Crippen LogP contribution in [0.4, 0.5) is 4.79 Å². The van der Waals surface area contributed by atoms with Crippen molar-refractivity contribution < 1.29 is 18.7 Å². The number of hydrogen-bond donors (Lipinski definition) is 3. The zero-order valence-electron chi connectivity index (χ0n) is 14.2. The van der Waals surface area contributed by atoms with E-state index in [1.807, 2.05) is 26.8 Å². The van der Waals surface area contributed by atoms with Crippen LogP contribution in [0.15, 0.2) is 27.0 Å². The molecule has 23 heavy (non-hydrogen) atoms. The zero-order valence-corrected chi connectivity index (χ0v) is 14.2. The molecule has 0 aliphatic heterocycles. The number of nitrogens with one attached hydrogen (secondary N) is 2. The maximum absolute atomic E-state index is 12.0. The van der Waals surface area contributed by atoms with Gasteiger partial charge in [0, 0.05) is 5.56 Å². The van der Waals surface area contributed by atoms with Crippen molar-refractivity contribution in [3.8, 4) is 0 Å². The third-order valence-corrected chi connectivity index (χ3v) is 3.76. The molecule has 2 aromatic rings. The standard InChI is InChI=1S/C17H24N2O4/c1-10-6-7-15(23-10)17(5,21)9-18-16(20)19-12(3)14-8-11(2)22-13(14)4/h6-8,12,21H,9H2,1-5H3,(H2,18,19,20). The molecule has 2 heterocycles. The molecule has 2 aromatic heterocycles. The molecule has 2 unspecified atom stereocenters. The van der Waals surface area contributed by atoms with Gasteiger partial charge in [0.15, 0.2) is 0 Å². The number of urea groups is 1. The largest absolute Gasteiger partial charge is 0.466 e. The summed E-state index contributed by atoms with van der Waals surface area (Å²) in [5.74, 6) is 2.73. The fourth-order valence-corrected chi connectivity index (χ4v) is 2.47. The second-order valence-electron chi connectivity index (χ2n) is 6.10. The summed E-state index contributed by atoms with van der Waals surface area (Å²) in [6.07, 6.45) is 0. The Balaban J connectivity index is 1.91. The zero-order chi connectivity index (χ0) is 17.2. The van der Waals surface area contributed by atoms with Crippen molar-refractivity contribution in [1.29, 1.82) is 0 Å². The molecule has 0 aromatic carbocycles. The van der Waals surface area contributed by atoms with Crippen LogP contribution in [0.5, 0.6) is 0 Å². The van der Waals surface area contributed by atoms with E-state index >= 15 is 0 Å². The van der Waals surface area contributed by atoms with Crippen LogP contribution < -0.4 is 10.6 Å². The van der Waals surface area contributed by atoms with Crippen molar-refractivity contribution in [1.82, 2.24) is 10.6 Å². The second kappa shape index (κ2) is 6.50. The van der Waals surface area contributed by atoms with E-state index in [4.69, 9.17) is 8.83 Å². The van der Waals surface area contributed by atoms with Crippen LogP contribution in [-0.2, 0) is 5.60 Å². The van der Waals surface area contributed by atoms with Crippen molar-refractivity contribution >= 4 is 6.03 Å². The molecule has 2 rings (SSSR count). The van der Waals surface area contributed by atoms with Crippen LogP contribution in [0.1, 0.15) is 48.5 Å². The van der Waals surface area contributed by atoms with Gasteiger partial charge in [-0.3, -0.25) is 0 Å². The summed E-state index contributed by atoms with van der Waals surface area (Å²) in [6, 6.07) is 4.83. The van der Waals surface area contributed by atoms with Crippen LogP contribution >= 0.6 is 0 Å². The Morgan fingerprint density at radius 2 is 1.96 bits per heavy atom. The molecule has 6 heteroatoms. The fourth-order valence-electron chi connectivity index (χ4n) is 2.47. The van der Waals surface area contributed by atoms with Gasteiger partial charge in [0.1, 0.15) is 28.6 Å². The molecule has 2 atom stereocenters. The van der Waals surface area contributed by atoms with Crippen molar-refractivity contribution in [3.05, 3.63) is 46.8 Å². The molecule has 0 spiro atoms. The lowest BCUT2D eigenvalue weighted by Crippen LogP contribution is -2.44. The van der Waals surface area contributed by atoms with Gasteiger partial charge in [0.2, 0.25) is 0 Å². The number of carbonyl (C=O) groups excluding carboxylic acids is 1. The Labute approximate surface area is 135 Å². The van der Waals surface area contributed by atoms with Gasteiger partial charge in [-0.05, 0) is 52.8 Å². The fraction of sp³-hybridized carbons (Fsp3) is 0.471. The molecule has 3 N–H and O–H groups in total. The lowest BCUT2D eigenvalue weighted by molar-refractivity contribution is 0.0359. The van der Waals surface area contributed by atoms with Crippen molar-refractivity contribution in [3.63, 3.8) is 0 Å². The van der Waals surface area contributed by atoms with Crippen LogP contribution in [0, 0.1) is 20.8 Å². The highest BCUT2D eigenvalue weighted by Crippen LogP contribution is 2.23. The summed E-state index contributed by atoms with van der Waals surface area (Å²) in [5.41, 5.74) is -0.331. The molecule has 0 fully saturated rings. The molecule has 0 radical (unpaired) electrons. The van der Waals surface area contributed by atoms with E-state index in [1.54, 1.807) is 26.0 Å². The molecule has 0 aliphatic rings. The van der Waals surface area contributed by atoms with E-state index in [-0.39, 0.29) is 18.6 Å². The molecule has 126 valence electrons. The van der Waals surface area contributed by atoms with Gasteiger partial charge in [-0.2, -0.15) is 0 Å². The highest BCUT2D eigenvalue weighted by atomic mass is 16.4. The molecule has 0 aliphatic carbocycles. The topological polar surface area (TPSA) is 87.6 Å². The lowest BCUT2D eigenvalue weighted by Gasteiger charge is -2.22. The molecular formula is C17H24N2O4. The summed E-state index contributed by atoms with van der Waals surface area (Å²) in [6.45, 7) is 9.05. The minimum atomic E-state index is -1.27. The summed E-state index contributed by atoms with van der Waals surface area (Å²) in [7, 11) is 0. The van der Waals surface area contributed by atoms with Gasteiger partial charge in [-0.1, -0.05) is 0 Å². The van der Waals surface area contributed by atoms with Crippen LogP contribution in [0.3, 0.4) is 0 Å². The van der Waals surface area contributed by atoms with Gasteiger partial charge in [-0.25, -0.2) is 4.79 Å². The first kappa shape index (κ1) is 17.1. The van der Waals surface area contributed by atoms with E-state index in [2.05, 4.69) is 10.6 Å². The number of aryl methyl sites for hydroxylation is 3. The first-order valence-corrected chi connectivity index (χ1v) is 7.59. The maximum atomic E-state index is 12.0. The summed E-state index contributed by atoms with van der Waals surface area (Å²) in [4.78, 5) is 12.0. The smallest absolute Gasteiger partial charge is 0.315 e. The van der Waals surface area contributed by atoms with E-state index in [0.29, 0.717) is 11.5 Å². The first-order valence-electron chi connectivity index (χ1n) is 7.59. The summed E-state index contributed by atoms with van der Waals surface area (Å²) >= 11 is 0. The van der Waals surface area contributed by atoms with Crippen molar-refractivity contribution in [2.24, 2.45) is 0 Å². The monoisotopic (exact) mass is 320 g/mol. The second-order valence-corrected chi connectivity index (χ2v) is 6.10. The number of furan rings is 2. The maximum Gasteiger partial charge on any atom is 0.315 e. The highest BCUT2D eigenvalue weighted by Gasteiger charge is 2.27. The third kappa shape index (κ3) is 4.16. The molecule has 6 nitrogen and oxygen atoms in total. The van der Waals surface area contributed by atoms with Crippen molar-refractivity contribution in [2.75, 3.05) is 6.54 Å². The molecule has 0 saturated heterocycles. The van der Waals surface area contributed by atoms with E-state index in [0.717, 1.165) is 17.1 Å². The number of hydrogen-bond acceptors (Lipinski definition) is 4. The minimum absolute atomic E-state index is 0.0436. The van der Waals surface area contributed by atoms with E-state index < -0.39 is 5.60 Å². The van der Waals surface area contributed by atoms with Crippen molar-refractivity contribution in [2.45, 2.75) is 46.3 Å². The Bertz CT molecular complexity index is 685. The Morgan fingerprint density at radius 3 is 2.48 bits per heavy atom. The SMILES string of the molecule is Cc1ccc(C(C)(O)CNC(=O)NC(C)c2cc(C)oc2C)o1. The third-order valence-electron chi connectivity index (χ3n) is 3.76. The number of carbonyl (C=O) groups is 1. The minimum Gasteiger partial charge on any atom is -0.466 e. The first-order chi connectivity index (χ1) is 10.7. The Hall–Kier alpha value is -2.21. The highest BCUT2D eigenvalue weighted by molar-refractivity contribution is 5.74. The van der Waals surface area contributed by atoms with Gasteiger partial charge in [0.05, 0.1) is 12.6 Å². The summed E-state index contributed by atoms with van der Waals surface area (Å²) < 4.78 is 10.9. The average molecular weight is 320 g/mol. The number of rotatable bonds is 5. The van der Waals surface area contributed by atoms with E-state index in [9.17, 15) is 9.90 Å². The predicted molar refractivity (Wildman–Crippen MR) is 86.1 cm³/mol. The predicted octanol–water partition coefficient (Wildman–Crippen LogP) is 3.07. The van der Waals surface area contributed by atoms with Gasteiger partial charge >= 0.3 is 6.03 Å². The normalized spacial score (nSPS) is 15.0. The Morgan fingerprint density at radius 1 is 1.26 bits per heavy atom. The number of amides is 2. The Kier molecular flexibility index (Phi) is 4.85. The van der Waals surface area contributed by atoms with Gasteiger partial charge < -0.3 is 24.6 Å². The lowest BCUT2D eigenvalue weighted by atomic mass is 10.0. The van der Waals surface area contributed by atoms with Gasteiger partial charge in [0.25, 0.3) is 0 Å². The average Bonchev–Trinajstić information content (AvgIpc) is 3.03.